The molecule has 6 nitrogen and oxygen atoms in total. The van der Waals surface area contributed by atoms with Gasteiger partial charge in [-0.25, -0.2) is 4.39 Å². The standard InChI is InChI=1S/C26H33BFN3O3/c27-26(12-4-1-5-13-26)30-20-7-3-2-6-16(20)14-17-8-9-18-19(23(17)28)15-31(25(18)34)21-10-11-22(32)29-24(21)33/h8-9,16,20-21,30H,1-7,10-15H2,(H,29,32,33)/t16-,20+,21?/m1/s1. The molecule has 5 rings (SSSR count). The van der Waals surface area contributed by atoms with Gasteiger partial charge in [0.25, 0.3) is 5.91 Å². The summed E-state index contributed by atoms with van der Waals surface area (Å²) in [5, 5.41) is 6.06. The number of benzene rings is 1. The molecule has 3 fully saturated rings. The molecule has 180 valence electrons. The Morgan fingerprint density at radius 1 is 1.06 bits per heavy atom. The summed E-state index contributed by atoms with van der Waals surface area (Å²) in [5.74, 6) is -1.18. The van der Waals surface area contributed by atoms with E-state index < -0.39 is 11.9 Å². The van der Waals surface area contributed by atoms with Crippen LogP contribution in [0.25, 0.3) is 0 Å². The minimum atomic E-state index is -0.733. The third-order valence-corrected chi connectivity index (χ3v) is 8.34. The number of halogens is 1. The summed E-state index contributed by atoms with van der Waals surface area (Å²) in [5.41, 5.74) is 1.01. The fourth-order valence-electron chi connectivity index (χ4n) is 6.43. The van der Waals surface area contributed by atoms with E-state index in [-0.39, 0.29) is 48.5 Å². The largest absolute Gasteiger partial charge is 0.322 e. The van der Waals surface area contributed by atoms with Crippen LogP contribution in [0.5, 0.6) is 0 Å². The maximum Gasteiger partial charge on any atom is 0.255 e. The maximum atomic E-state index is 15.7. The van der Waals surface area contributed by atoms with Crippen molar-refractivity contribution in [2.45, 2.75) is 101 Å². The van der Waals surface area contributed by atoms with Gasteiger partial charge in [0, 0.05) is 23.6 Å². The lowest BCUT2D eigenvalue weighted by molar-refractivity contribution is -0.136. The normalized spacial score (nSPS) is 29.1. The van der Waals surface area contributed by atoms with Gasteiger partial charge >= 0.3 is 0 Å². The second-order valence-electron chi connectivity index (χ2n) is 10.7. The minimum absolute atomic E-state index is 0.0678. The SMILES string of the molecule is [B]C1(N[C@H]2CCCC[C@@H]2Cc2ccc3c(c2F)CN(C2CCC(=O)NC2=O)C3=O)CCCCC1. The highest BCUT2D eigenvalue weighted by atomic mass is 19.1. The van der Waals surface area contributed by atoms with Crippen molar-refractivity contribution in [1.82, 2.24) is 15.5 Å². The molecule has 2 aliphatic heterocycles. The predicted octanol–water partition coefficient (Wildman–Crippen LogP) is 3.11. The third-order valence-electron chi connectivity index (χ3n) is 8.34. The fourth-order valence-corrected chi connectivity index (χ4v) is 6.43. The lowest BCUT2D eigenvalue weighted by Crippen LogP contribution is -2.55. The van der Waals surface area contributed by atoms with Gasteiger partial charge in [-0.2, -0.15) is 0 Å². The zero-order chi connectivity index (χ0) is 23.9. The molecule has 1 aromatic carbocycles. The molecular weight excluding hydrogens is 432 g/mol. The number of piperidine rings is 1. The van der Waals surface area contributed by atoms with Crippen molar-refractivity contribution >= 4 is 25.6 Å². The highest BCUT2D eigenvalue weighted by Gasteiger charge is 2.41. The predicted molar refractivity (Wildman–Crippen MR) is 127 cm³/mol. The Balaban J connectivity index is 1.32. The van der Waals surface area contributed by atoms with Crippen LogP contribution in [0.4, 0.5) is 4.39 Å². The van der Waals surface area contributed by atoms with E-state index in [9.17, 15) is 14.4 Å². The fraction of sp³-hybridized carbons (Fsp3) is 0.654. The molecule has 2 radical (unpaired) electrons. The van der Waals surface area contributed by atoms with Crippen LogP contribution in [0.15, 0.2) is 12.1 Å². The summed E-state index contributed by atoms with van der Waals surface area (Å²) in [6.07, 6.45) is 11.0. The van der Waals surface area contributed by atoms with Crippen LogP contribution >= 0.6 is 0 Å². The van der Waals surface area contributed by atoms with Crippen molar-refractivity contribution < 1.29 is 18.8 Å². The number of carbonyl (C=O) groups is 3. The maximum absolute atomic E-state index is 15.7. The van der Waals surface area contributed by atoms with Crippen LogP contribution in [0, 0.1) is 11.7 Å². The molecule has 2 saturated carbocycles. The van der Waals surface area contributed by atoms with Crippen LogP contribution in [-0.2, 0) is 22.6 Å². The average molecular weight is 465 g/mol. The smallest absolute Gasteiger partial charge is 0.255 e. The van der Waals surface area contributed by atoms with Crippen molar-refractivity contribution in [3.8, 4) is 0 Å². The van der Waals surface area contributed by atoms with Crippen LogP contribution in [0.2, 0.25) is 0 Å². The number of hydrogen-bond donors (Lipinski definition) is 2. The molecule has 0 aromatic heterocycles. The molecule has 2 aliphatic carbocycles. The average Bonchev–Trinajstić information content (AvgIpc) is 3.14. The number of imide groups is 1. The zero-order valence-electron chi connectivity index (χ0n) is 19.7. The summed E-state index contributed by atoms with van der Waals surface area (Å²) in [6, 6.07) is 2.98. The monoisotopic (exact) mass is 465 g/mol. The summed E-state index contributed by atoms with van der Waals surface area (Å²) < 4.78 is 15.7. The van der Waals surface area contributed by atoms with Crippen molar-refractivity contribution in [3.05, 3.63) is 34.6 Å². The molecule has 8 heteroatoms. The molecule has 1 unspecified atom stereocenters. The van der Waals surface area contributed by atoms with Gasteiger partial charge in [-0.3, -0.25) is 19.7 Å². The van der Waals surface area contributed by atoms with Crippen LogP contribution in [0.1, 0.15) is 92.1 Å². The van der Waals surface area contributed by atoms with E-state index >= 15 is 4.39 Å². The molecule has 3 amide bonds. The Morgan fingerprint density at radius 3 is 2.59 bits per heavy atom. The second kappa shape index (κ2) is 9.44. The van der Waals surface area contributed by atoms with Gasteiger partial charge in [0.1, 0.15) is 11.9 Å². The van der Waals surface area contributed by atoms with Gasteiger partial charge in [-0.05, 0) is 61.5 Å². The van der Waals surface area contributed by atoms with E-state index in [1.165, 1.54) is 11.3 Å². The van der Waals surface area contributed by atoms with E-state index in [4.69, 9.17) is 7.85 Å². The van der Waals surface area contributed by atoms with E-state index in [2.05, 4.69) is 10.6 Å². The first-order chi connectivity index (χ1) is 16.3. The molecule has 1 aromatic rings. The quantitative estimate of drug-likeness (QED) is 0.518. The number of nitrogens with zero attached hydrogens (tertiary/aromatic N) is 1. The highest BCUT2D eigenvalue weighted by molar-refractivity contribution is 6.15. The molecular formula is C26H33BFN3O3. The summed E-state index contributed by atoms with van der Waals surface area (Å²) in [4.78, 5) is 38.1. The second-order valence-corrected chi connectivity index (χ2v) is 10.7. The van der Waals surface area contributed by atoms with Crippen molar-refractivity contribution in [2.24, 2.45) is 5.92 Å². The molecule has 3 atom stereocenters. The Bertz CT molecular complexity index is 994. The zero-order valence-corrected chi connectivity index (χ0v) is 19.7. The van der Waals surface area contributed by atoms with Crippen molar-refractivity contribution in [2.75, 3.05) is 0 Å². The third kappa shape index (κ3) is 4.53. The Labute approximate surface area is 201 Å². The van der Waals surface area contributed by atoms with Gasteiger partial charge in [-0.15, -0.1) is 0 Å². The topological polar surface area (TPSA) is 78.5 Å². The lowest BCUT2D eigenvalue weighted by Gasteiger charge is -2.43. The van der Waals surface area contributed by atoms with Gasteiger partial charge < -0.3 is 10.2 Å². The van der Waals surface area contributed by atoms with Crippen molar-refractivity contribution in [3.63, 3.8) is 0 Å². The number of amides is 3. The molecule has 2 heterocycles. The lowest BCUT2D eigenvalue weighted by atomic mass is 9.66. The molecule has 34 heavy (non-hydrogen) atoms. The Kier molecular flexibility index (Phi) is 6.53. The van der Waals surface area contributed by atoms with E-state index in [0.29, 0.717) is 29.0 Å². The molecule has 1 saturated heterocycles. The van der Waals surface area contributed by atoms with Crippen LogP contribution < -0.4 is 10.6 Å². The van der Waals surface area contributed by atoms with Crippen LogP contribution in [-0.4, -0.2) is 48.0 Å². The van der Waals surface area contributed by atoms with Gasteiger partial charge in [0.15, 0.2) is 0 Å². The number of rotatable bonds is 5. The minimum Gasteiger partial charge on any atom is -0.322 e. The van der Waals surface area contributed by atoms with Gasteiger partial charge in [0.2, 0.25) is 11.8 Å². The number of fused-ring (bicyclic) bond motifs is 1. The summed E-state index contributed by atoms with van der Waals surface area (Å²) in [7, 11) is 6.69. The molecule has 0 bridgehead atoms. The van der Waals surface area contributed by atoms with E-state index in [0.717, 1.165) is 51.4 Å². The van der Waals surface area contributed by atoms with Crippen molar-refractivity contribution in [1.29, 1.82) is 0 Å². The molecule has 2 N–H and O–H groups in total. The van der Waals surface area contributed by atoms with Gasteiger partial charge in [0.05, 0.1) is 14.4 Å². The van der Waals surface area contributed by atoms with Gasteiger partial charge in [-0.1, -0.05) is 38.2 Å². The Morgan fingerprint density at radius 2 is 1.82 bits per heavy atom. The summed E-state index contributed by atoms with van der Waals surface area (Å²) in [6.45, 7) is 0.0678. The molecule has 0 spiro atoms. The summed E-state index contributed by atoms with van der Waals surface area (Å²) >= 11 is 0. The number of carbonyl (C=O) groups excluding carboxylic acids is 3. The first kappa shape index (κ1) is 23.5. The highest BCUT2D eigenvalue weighted by Crippen LogP contribution is 2.35. The number of hydrogen-bond acceptors (Lipinski definition) is 4. The van der Waals surface area contributed by atoms with E-state index in [1.54, 1.807) is 12.1 Å². The first-order valence-electron chi connectivity index (χ1n) is 12.9. The molecule has 4 aliphatic rings. The van der Waals surface area contributed by atoms with Crippen LogP contribution in [0.3, 0.4) is 0 Å². The number of nitrogens with one attached hydrogen (secondary N) is 2. The van der Waals surface area contributed by atoms with E-state index in [1.807, 2.05) is 0 Å². The first-order valence-corrected chi connectivity index (χ1v) is 12.9. The Hall–Kier alpha value is -2.22.